The molecule has 0 bridgehead atoms. The van der Waals surface area contributed by atoms with E-state index in [0.717, 1.165) is 56.0 Å². The summed E-state index contributed by atoms with van der Waals surface area (Å²) in [6.45, 7) is 5.31. The van der Waals surface area contributed by atoms with Crippen LogP contribution in [0.1, 0.15) is 19.3 Å². The van der Waals surface area contributed by atoms with Gasteiger partial charge in [0.15, 0.2) is 5.65 Å². The smallest absolute Gasteiger partial charge is 0.164 e. The van der Waals surface area contributed by atoms with Crippen molar-refractivity contribution in [2.45, 2.75) is 19.3 Å². The van der Waals surface area contributed by atoms with Crippen LogP contribution < -0.4 is 4.90 Å². The molecule has 0 aromatic carbocycles. The topological polar surface area (TPSA) is 45.2 Å². The Labute approximate surface area is 142 Å². The standard InChI is InChI=1S/C19H23N5/c1-2-6-16(7-3-1)14-23-10-5-11-24(13-12-23)19-17-8-4-9-20-18(17)21-15-22-19/h2,4,6-9,15H,1,3,5,10-14H2. The Bertz CT molecular complexity index is 762. The van der Waals surface area contributed by atoms with Crippen LogP contribution in [0.5, 0.6) is 0 Å². The highest BCUT2D eigenvalue weighted by molar-refractivity contribution is 5.86. The van der Waals surface area contributed by atoms with Gasteiger partial charge in [-0.05, 0) is 37.0 Å². The molecule has 1 fully saturated rings. The van der Waals surface area contributed by atoms with Crippen molar-refractivity contribution >= 4 is 16.9 Å². The van der Waals surface area contributed by atoms with E-state index < -0.39 is 0 Å². The molecule has 2 aromatic heterocycles. The Morgan fingerprint density at radius 3 is 2.92 bits per heavy atom. The molecule has 0 saturated carbocycles. The highest BCUT2D eigenvalue weighted by atomic mass is 15.2. The van der Waals surface area contributed by atoms with E-state index >= 15 is 0 Å². The SMILES string of the molecule is C1=CC(CN2CCCN(c3ncnc4ncccc34)CC2)=CCC1. The Balaban J connectivity index is 1.48. The molecule has 124 valence electrons. The summed E-state index contributed by atoms with van der Waals surface area (Å²) in [6.07, 6.45) is 13.9. The fourth-order valence-corrected chi connectivity index (χ4v) is 3.52. The molecule has 1 aliphatic carbocycles. The molecule has 5 heteroatoms. The van der Waals surface area contributed by atoms with Gasteiger partial charge in [-0.15, -0.1) is 0 Å². The van der Waals surface area contributed by atoms with E-state index in [0.29, 0.717) is 0 Å². The molecule has 0 atom stereocenters. The number of fused-ring (bicyclic) bond motifs is 1. The minimum Gasteiger partial charge on any atom is -0.355 e. The summed E-state index contributed by atoms with van der Waals surface area (Å²) in [5.41, 5.74) is 2.24. The zero-order valence-corrected chi connectivity index (χ0v) is 13.9. The molecule has 2 aliphatic rings. The van der Waals surface area contributed by atoms with E-state index in [9.17, 15) is 0 Å². The minimum atomic E-state index is 0.779. The molecular formula is C19H23N5. The molecule has 4 rings (SSSR count). The van der Waals surface area contributed by atoms with Crippen LogP contribution in [0.2, 0.25) is 0 Å². The zero-order chi connectivity index (χ0) is 16.2. The molecular weight excluding hydrogens is 298 g/mol. The third-order valence-corrected chi connectivity index (χ3v) is 4.75. The molecule has 0 N–H and O–H groups in total. The van der Waals surface area contributed by atoms with Gasteiger partial charge in [-0.25, -0.2) is 15.0 Å². The largest absolute Gasteiger partial charge is 0.355 e. The molecule has 1 aliphatic heterocycles. The average Bonchev–Trinajstić information content (AvgIpc) is 2.88. The van der Waals surface area contributed by atoms with Crippen LogP contribution in [-0.4, -0.2) is 52.6 Å². The van der Waals surface area contributed by atoms with Gasteiger partial charge in [0.05, 0.1) is 5.39 Å². The molecule has 0 spiro atoms. The van der Waals surface area contributed by atoms with Crippen LogP contribution in [0.25, 0.3) is 11.0 Å². The number of pyridine rings is 1. The van der Waals surface area contributed by atoms with Gasteiger partial charge in [0, 0.05) is 38.9 Å². The highest BCUT2D eigenvalue weighted by Gasteiger charge is 2.18. The monoisotopic (exact) mass is 321 g/mol. The van der Waals surface area contributed by atoms with Crippen molar-refractivity contribution in [3.63, 3.8) is 0 Å². The fourth-order valence-electron chi connectivity index (χ4n) is 3.52. The maximum atomic E-state index is 4.55. The Hall–Kier alpha value is -2.27. The van der Waals surface area contributed by atoms with Crippen LogP contribution in [0.15, 0.2) is 48.5 Å². The lowest BCUT2D eigenvalue weighted by Crippen LogP contribution is -2.32. The number of anilines is 1. The number of hydrogen-bond donors (Lipinski definition) is 0. The van der Waals surface area contributed by atoms with Crippen LogP contribution >= 0.6 is 0 Å². The van der Waals surface area contributed by atoms with Crippen LogP contribution in [0, 0.1) is 0 Å². The molecule has 0 radical (unpaired) electrons. The molecule has 1 saturated heterocycles. The molecule has 5 nitrogen and oxygen atoms in total. The van der Waals surface area contributed by atoms with Crippen molar-refractivity contribution in [1.29, 1.82) is 0 Å². The minimum absolute atomic E-state index is 0.779. The molecule has 24 heavy (non-hydrogen) atoms. The van der Waals surface area contributed by atoms with E-state index in [1.807, 2.05) is 6.07 Å². The fraction of sp³-hybridized carbons (Fsp3) is 0.421. The summed E-state index contributed by atoms with van der Waals surface area (Å²) in [6, 6.07) is 4.03. The van der Waals surface area contributed by atoms with Gasteiger partial charge in [0.2, 0.25) is 0 Å². The van der Waals surface area contributed by atoms with E-state index in [-0.39, 0.29) is 0 Å². The molecule has 2 aromatic rings. The third kappa shape index (κ3) is 3.31. The van der Waals surface area contributed by atoms with E-state index in [1.54, 1.807) is 12.5 Å². The first kappa shape index (κ1) is 15.3. The summed E-state index contributed by atoms with van der Waals surface area (Å²) < 4.78 is 0. The van der Waals surface area contributed by atoms with Gasteiger partial charge in [-0.3, -0.25) is 4.90 Å². The van der Waals surface area contributed by atoms with Crippen molar-refractivity contribution in [3.8, 4) is 0 Å². The van der Waals surface area contributed by atoms with Crippen molar-refractivity contribution in [2.24, 2.45) is 0 Å². The van der Waals surface area contributed by atoms with Gasteiger partial charge >= 0.3 is 0 Å². The second kappa shape index (κ2) is 7.09. The first-order valence-electron chi connectivity index (χ1n) is 8.79. The van der Waals surface area contributed by atoms with Crippen molar-refractivity contribution in [1.82, 2.24) is 19.9 Å². The van der Waals surface area contributed by atoms with Crippen molar-refractivity contribution < 1.29 is 0 Å². The Morgan fingerprint density at radius 2 is 2.00 bits per heavy atom. The summed E-state index contributed by atoms with van der Waals surface area (Å²) in [5, 5.41) is 1.05. The Morgan fingerprint density at radius 1 is 1.00 bits per heavy atom. The number of aromatic nitrogens is 3. The van der Waals surface area contributed by atoms with Crippen molar-refractivity contribution in [3.05, 3.63) is 48.5 Å². The second-order valence-corrected chi connectivity index (χ2v) is 6.45. The summed E-state index contributed by atoms with van der Waals surface area (Å²) >= 11 is 0. The molecule has 0 unspecified atom stereocenters. The van der Waals surface area contributed by atoms with Crippen molar-refractivity contribution in [2.75, 3.05) is 37.6 Å². The van der Waals surface area contributed by atoms with E-state index in [4.69, 9.17) is 0 Å². The number of allylic oxidation sites excluding steroid dienone is 2. The van der Waals surface area contributed by atoms with Gasteiger partial charge in [-0.1, -0.05) is 18.2 Å². The van der Waals surface area contributed by atoms with E-state index in [2.05, 4.69) is 49.0 Å². The van der Waals surface area contributed by atoms with Crippen LogP contribution in [0.3, 0.4) is 0 Å². The van der Waals surface area contributed by atoms with Crippen LogP contribution in [0.4, 0.5) is 5.82 Å². The van der Waals surface area contributed by atoms with E-state index in [1.165, 1.54) is 18.4 Å². The second-order valence-electron chi connectivity index (χ2n) is 6.45. The van der Waals surface area contributed by atoms with Gasteiger partial charge in [-0.2, -0.15) is 0 Å². The first-order valence-corrected chi connectivity index (χ1v) is 8.79. The lowest BCUT2D eigenvalue weighted by atomic mass is 10.1. The summed E-state index contributed by atoms with van der Waals surface area (Å²) in [7, 11) is 0. The number of rotatable bonds is 3. The maximum absolute atomic E-state index is 4.55. The third-order valence-electron chi connectivity index (χ3n) is 4.75. The predicted molar refractivity (Wildman–Crippen MR) is 97.1 cm³/mol. The quantitative estimate of drug-likeness (QED) is 0.870. The summed E-state index contributed by atoms with van der Waals surface area (Å²) in [5.74, 6) is 1.02. The molecule has 3 heterocycles. The number of hydrogen-bond acceptors (Lipinski definition) is 5. The summed E-state index contributed by atoms with van der Waals surface area (Å²) in [4.78, 5) is 18.1. The average molecular weight is 321 g/mol. The number of nitrogens with zero attached hydrogens (tertiary/aromatic N) is 5. The molecule has 0 amide bonds. The lowest BCUT2D eigenvalue weighted by molar-refractivity contribution is 0.320. The van der Waals surface area contributed by atoms with Crippen LogP contribution in [-0.2, 0) is 0 Å². The Kier molecular flexibility index (Phi) is 4.51. The normalized spacial score (nSPS) is 19.3. The zero-order valence-electron chi connectivity index (χ0n) is 13.9. The highest BCUT2D eigenvalue weighted by Crippen LogP contribution is 2.22. The lowest BCUT2D eigenvalue weighted by Gasteiger charge is -2.24. The van der Waals surface area contributed by atoms with Gasteiger partial charge in [0.1, 0.15) is 12.1 Å². The van der Waals surface area contributed by atoms with Gasteiger partial charge < -0.3 is 4.90 Å². The first-order chi connectivity index (χ1) is 11.9. The maximum Gasteiger partial charge on any atom is 0.164 e. The van der Waals surface area contributed by atoms with Gasteiger partial charge in [0.25, 0.3) is 0 Å². The predicted octanol–water partition coefficient (Wildman–Crippen LogP) is 2.81.